The van der Waals surface area contributed by atoms with Crippen LogP contribution < -0.4 is 16.4 Å². The maximum atomic E-state index is 13.4. The Hall–Kier alpha value is -1.60. The fourth-order valence-corrected chi connectivity index (χ4v) is 2.96. The van der Waals surface area contributed by atoms with Crippen LogP contribution in [-0.2, 0) is 0 Å². The number of rotatable bonds is 2. The van der Waals surface area contributed by atoms with E-state index in [2.05, 4.69) is 42.5 Å². The van der Waals surface area contributed by atoms with Gasteiger partial charge in [0.05, 0.1) is 11.4 Å². The minimum absolute atomic E-state index is 0.104. The smallest absolute Gasteiger partial charge is 0.323 e. The van der Waals surface area contributed by atoms with Gasteiger partial charge >= 0.3 is 6.03 Å². The number of anilines is 3. The second-order valence-electron chi connectivity index (χ2n) is 3.92. The van der Waals surface area contributed by atoms with Gasteiger partial charge in [0.15, 0.2) is 0 Å². The molecule has 104 valence electrons. The van der Waals surface area contributed by atoms with Crippen LogP contribution in [0.4, 0.5) is 26.2 Å². The van der Waals surface area contributed by atoms with Crippen LogP contribution in [0, 0.1) is 5.82 Å². The molecule has 2 amide bonds. The normalized spacial score (nSPS) is 10.2. The third kappa shape index (κ3) is 3.49. The van der Waals surface area contributed by atoms with Crippen LogP contribution in [0.15, 0.2) is 45.3 Å². The molecule has 0 saturated carbocycles. The molecule has 2 rings (SSSR count). The van der Waals surface area contributed by atoms with Crippen molar-refractivity contribution in [1.82, 2.24) is 0 Å². The number of benzene rings is 2. The summed E-state index contributed by atoms with van der Waals surface area (Å²) in [6.07, 6.45) is 0. The topological polar surface area (TPSA) is 67.1 Å². The Kier molecular flexibility index (Phi) is 4.61. The number of hydrogen-bond acceptors (Lipinski definition) is 2. The van der Waals surface area contributed by atoms with Gasteiger partial charge in [-0.3, -0.25) is 0 Å². The lowest BCUT2D eigenvalue weighted by atomic mass is 10.3. The molecule has 0 aromatic heterocycles. The standard InChI is InChI=1S/C13H10Br2FN3O/c14-8-5-7(17)6-9(15)12(8)19-13(20)18-11-4-2-1-3-10(11)16/h1-6H,17H2,(H2,18,19,20). The van der Waals surface area contributed by atoms with Crippen LogP contribution in [0.1, 0.15) is 0 Å². The molecule has 0 radical (unpaired) electrons. The van der Waals surface area contributed by atoms with Crippen molar-refractivity contribution in [2.75, 3.05) is 16.4 Å². The van der Waals surface area contributed by atoms with Gasteiger partial charge in [-0.05, 0) is 56.1 Å². The molecule has 0 bridgehead atoms. The van der Waals surface area contributed by atoms with Crippen LogP contribution >= 0.6 is 31.9 Å². The van der Waals surface area contributed by atoms with E-state index in [-0.39, 0.29) is 5.69 Å². The molecular weight excluding hydrogens is 393 g/mol. The molecule has 0 heterocycles. The number of halogens is 3. The largest absolute Gasteiger partial charge is 0.399 e. The zero-order valence-electron chi connectivity index (χ0n) is 10.1. The van der Waals surface area contributed by atoms with E-state index in [4.69, 9.17) is 5.73 Å². The molecule has 0 atom stereocenters. The summed E-state index contributed by atoms with van der Waals surface area (Å²) in [6, 6.07) is 8.68. The average Bonchev–Trinajstić information content (AvgIpc) is 2.36. The van der Waals surface area contributed by atoms with Gasteiger partial charge in [0.1, 0.15) is 5.82 Å². The summed E-state index contributed by atoms with van der Waals surface area (Å²) < 4.78 is 14.7. The van der Waals surface area contributed by atoms with Crippen molar-refractivity contribution in [2.45, 2.75) is 0 Å². The molecule has 4 nitrogen and oxygen atoms in total. The van der Waals surface area contributed by atoms with E-state index >= 15 is 0 Å². The highest BCUT2D eigenvalue weighted by Gasteiger charge is 2.11. The van der Waals surface area contributed by atoms with Gasteiger partial charge in [-0.2, -0.15) is 0 Å². The predicted octanol–water partition coefficient (Wildman–Crippen LogP) is 4.58. The predicted molar refractivity (Wildman–Crippen MR) is 85.3 cm³/mol. The number of carbonyl (C=O) groups is 1. The van der Waals surface area contributed by atoms with Gasteiger partial charge in [0.2, 0.25) is 0 Å². The van der Waals surface area contributed by atoms with E-state index in [1.54, 1.807) is 24.3 Å². The number of para-hydroxylation sites is 1. The minimum Gasteiger partial charge on any atom is -0.399 e. The molecule has 7 heteroatoms. The maximum absolute atomic E-state index is 13.4. The average molecular weight is 403 g/mol. The highest BCUT2D eigenvalue weighted by atomic mass is 79.9. The van der Waals surface area contributed by atoms with Crippen LogP contribution in [0.3, 0.4) is 0 Å². The van der Waals surface area contributed by atoms with E-state index in [9.17, 15) is 9.18 Å². The first-order chi connectivity index (χ1) is 9.47. The number of nitrogens with two attached hydrogens (primary N) is 1. The Balaban J connectivity index is 2.15. The molecule has 0 spiro atoms. The minimum atomic E-state index is -0.554. The molecule has 4 N–H and O–H groups in total. The third-order valence-corrected chi connectivity index (χ3v) is 3.68. The lowest BCUT2D eigenvalue weighted by Gasteiger charge is -2.12. The summed E-state index contributed by atoms with van der Waals surface area (Å²) in [4.78, 5) is 11.9. The Labute approximate surface area is 131 Å². The summed E-state index contributed by atoms with van der Waals surface area (Å²) in [5.74, 6) is -0.502. The second kappa shape index (κ2) is 6.23. The van der Waals surface area contributed by atoms with Crippen LogP contribution in [0.2, 0.25) is 0 Å². The van der Waals surface area contributed by atoms with Crippen molar-refractivity contribution in [2.24, 2.45) is 0 Å². The summed E-state index contributed by atoms with van der Waals surface area (Å²) >= 11 is 6.60. The lowest BCUT2D eigenvalue weighted by molar-refractivity contribution is 0.262. The molecule has 0 aliphatic heterocycles. The van der Waals surface area contributed by atoms with Gasteiger partial charge < -0.3 is 16.4 Å². The highest BCUT2D eigenvalue weighted by molar-refractivity contribution is 9.11. The first-order valence-corrected chi connectivity index (χ1v) is 7.13. The van der Waals surface area contributed by atoms with E-state index in [1.165, 1.54) is 12.1 Å². The molecule has 0 fully saturated rings. The molecular formula is C13H10Br2FN3O. The number of hydrogen-bond donors (Lipinski definition) is 3. The lowest BCUT2D eigenvalue weighted by Crippen LogP contribution is -2.20. The number of urea groups is 1. The van der Waals surface area contributed by atoms with Crippen molar-refractivity contribution in [3.05, 3.63) is 51.2 Å². The molecule has 0 unspecified atom stereocenters. The Morgan fingerprint density at radius 2 is 1.70 bits per heavy atom. The van der Waals surface area contributed by atoms with Crippen molar-refractivity contribution in [3.8, 4) is 0 Å². The van der Waals surface area contributed by atoms with Crippen molar-refractivity contribution in [1.29, 1.82) is 0 Å². The zero-order chi connectivity index (χ0) is 14.7. The molecule has 2 aromatic carbocycles. The number of nitrogen functional groups attached to an aromatic ring is 1. The number of amides is 2. The van der Waals surface area contributed by atoms with Gasteiger partial charge in [-0.1, -0.05) is 12.1 Å². The summed E-state index contributed by atoms with van der Waals surface area (Å²) in [7, 11) is 0. The summed E-state index contributed by atoms with van der Waals surface area (Å²) in [5, 5.41) is 5.05. The van der Waals surface area contributed by atoms with E-state index < -0.39 is 11.8 Å². The highest BCUT2D eigenvalue weighted by Crippen LogP contribution is 2.33. The second-order valence-corrected chi connectivity index (χ2v) is 5.63. The van der Waals surface area contributed by atoms with E-state index in [0.717, 1.165) is 0 Å². The monoisotopic (exact) mass is 401 g/mol. The van der Waals surface area contributed by atoms with Gasteiger partial charge in [-0.15, -0.1) is 0 Å². The van der Waals surface area contributed by atoms with Crippen LogP contribution in [-0.4, -0.2) is 6.03 Å². The quantitative estimate of drug-likeness (QED) is 0.643. The molecule has 2 aromatic rings. The number of nitrogens with one attached hydrogen (secondary N) is 2. The zero-order valence-corrected chi connectivity index (χ0v) is 13.3. The van der Waals surface area contributed by atoms with Crippen LogP contribution in [0.5, 0.6) is 0 Å². The fourth-order valence-electron chi connectivity index (χ4n) is 1.54. The van der Waals surface area contributed by atoms with Crippen LogP contribution in [0.25, 0.3) is 0 Å². The molecule has 0 aliphatic carbocycles. The molecule has 0 aliphatic rings. The van der Waals surface area contributed by atoms with E-state index in [1.807, 2.05) is 0 Å². The van der Waals surface area contributed by atoms with Crippen molar-refractivity contribution < 1.29 is 9.18 Å². The SMILES string of the molecule is Nc1cc(Br)c(NC(=O)Nc2ccccc2F)c(Br)c1. The fraction of sp³-hybridized carbons (Fsp3) is 0. The summed E-state index contributed by atoms with van der Waals surface area (Å²) in [6.45, 7) is 0. The summed E-state index contributed by atoms with van der Waals surface area (Å²) in [5.41, 5.74) is 6.82. The van der Waals surface area contributed by atoms with Gasteiger partial charge in [0.25, 0.3) is 0 Å². The molecule has 0 saturated heterocycles. The number of carbonyl (C=O) groups excluding carboxylic acids is 1. The molecule has 20 heavy (non-hydrogen) atoms. The first kappa shape index (κ1) is 14.8. The van der Waals surface area contributed by atoms with Gasteiger partial charge in [-0.25, -0.2) is 9.18 Å². The maximum Gasteiger partial charge on any atom is 0.323 e. The first-order valence-electron chi connectivity index (χ1n) is 5.54. The van der Waals surface area contributed by atoms with Crippen molar-refractivity contribution in [3.63, 3.8) is 0 Å². The Morgan fingerprint density at radius 1 is 1.10 bits per heavy atom. The van der Waals surface area contributed by atoms with Crippen molar-refractivity contribution >= 4 is 55.0 Å². The van der Waals surface area contributed by atoms with E-state index in [0.29, 0.717) is 20.3 Å². The third-order valence-electron chi connectivity index (χ3n) is 2.43. The Morgan fingerprint density at radius 3 is 2.30 bits per heavy atom. The van der Waals surface area contributed by atoms with Gasteiger partial charge in [0, 0.05) is 14.6 Å². The Bertz CT molecular complexity index is 641.